The molecule has 1 heterocycles. The third-order valence-electron chi connectivity index (χ3n) is 5.09. The Morgan fingerprint density at radius 1 is 1.07 bits per heavy atom. The lowest BCUT2D eigenvalue weighted by atomic mass is 10.1. The van der Waals surface area contributed by atoms with Crippen LogP contribution in [0.4, 0.5) is 4.39 Å². The molecule has 1 saturated heterocycles. The molecular formula is C21H26FN3O3S. The fourth-order valence-corrected chi connectivity index (χ4v) is 4.32. The number of halogens is 1. The van der Waals surface area contributed by atoms with Crippen LogP contribution >= 0.6 is 0 Å². The van der Waals surface area contributed by atoms with E-state index in [2.05, 4.69) is 30.0 Å². The average Bonchev–Trinajstić information content (AvgIpc) is 2.68. The van der Waals surface area contributed by atoms with Gasteiger partial charge in [-0.2, -0.15) is 0 Å². The van der Waals surface area contributed by atoms with Crippen LogP contribution in [0.1, 0.15) is 21.5 Å². The molecule has 0 spiro atoms. The minimum atomic E-state index is -3.74. The van der Waals surface area contributed by atoms with E-state index in [0.717, 1.165) is 23.0 Å². The highest BCUT2D eigenvalue weighted by Gasteiger charge is 2.26. The normalized spacial score (nSPS) is 15.7. The topological polar surface area (TPSA) is 60.9 Å². The van der Waals surface area contributed by atoms with E-state index in [1.54, 1.807) is 4.90 Å². The summed E-state index contributed by atoms with van der Waals surface area (Å²) in [5.41, 5.74) is 2.22. The zero-order chi connectivity index (χ0) is 21.2. The van der Waals surface area contributed by atoms with E-state index in [1.165, 1.54) is 31.3 Å². The van der Waals surface area contributed by atoms with Crippen LogP contribution in [0.15, 0.2) is 47.4 Å². The van der Waals surface area contributed by atoms with Gasteiger partial charge >= 0.3 is 0 Å². The second-order valence-corrected chi connectivity index (χ2v) is 9.64. The van der Waals surface area contributed by atoms with Gasteiger partial charge in [-0.05, 0) is 30.7 Å². The Hall–Kier alpha value is -2.29. The van der Waals surface area contributed by atoms with E-state index < -0.39 is 21.7 Å². The number of carbonyl (C=O) groups excluding carboxylic acids is 1. The van der Waals surface area contributed by atoms with Crippen molar-refractivity contribution < 1.29 is 17.6 Å². The summed E-state index contributed by atoms with van der Waals surface area (Å²) in [7, 11) is -0.947. The van der Waals surface area contributed by atoms with Crippen LogP contribution in [0, 0.1) is 12.7 Å². The highest BCUT2D eigenvalue weighted by atomic mass is 32.2. The lowest BCUT2D eigenvalue weighted by Gasteiger charge is -2.35. The van der Waals surface area contributed by atoms with Crippen molar-refractivity contribution in [3.05, 3.63) is 65.0 Å². The van der Waals surface area contributed by atoms with Gasteiger partial charge in [0.25, 0.3) is 5.91 Å². The van der Waals surface area contributed by atoms with Crippen molar-refractivity contribution in [1.82, 2.24) is 14.1 Å². The third kappa shape index (κ3) is 4.83. The van der Waals surface area contributed by atoms with Crippen LogP contribution < -0.4 is 0 Å². The number of rotatable bonds is 5. The van der Waals surface area contributed by atoms with Crippen molar-refractivity contribution in [2.75, 3.05) is 40.3 Å². The molecule has 1 aliphatic rings. The Kier molecular flexibility index (Phi) is 6.36. The molecular weight excluding hydrogens is 393 g/mol. The summed E-state index contributed by atoms with van der Waals surface area (Å²) in [4.78, 5) is 16.6. The standard InChI is InChI=1S/C21H26FN3O3S/c1-16-5-4-6-17(13-16)15-24-9-11-25(12-10-24)21(26)19-14-18(7-8-20(19)22)29(27,28)23(2)3/h4-8,13-14H,9-12,15H2,1-3H3. The van der Waals surface area contributed by atoms with Crippen molar-refractivity contribution in [2.45, 2.75) is 18.4 Å². The zero-order valence-corrected chi connectivity index (χ0v) is 17.7. The summed E-state index contributed by atoms with van der Waals surface area (Å²) >= 11 is 0. The molecule has 0 radical (unpaired) electrons. The first-order valence-electron chi connectivity index (χ1n) is 9.48. The number of sulfonamides is 1. The molecule has 0 bridgehead atoms. The number of hydrogen-bond donors (Lipinski definition) is 0. The Balaban J connectivity index is 1.69. The van der Waals surface area contributed by atoms with Gasteiger partial charge in [-0.15, -0.1) is 0 Å². The van der Waals surface area contributed by atoms with E-state index in [4.69, 9.17) is 0 Å². The molecule has 2 aromatic rings. The molecule has 1 fully saturated rings. The van der Waals surface area contributed by atoms with E-state index in [1.807, 2.05) is 6.07 Å². The van der Waals surface area contributed by atoms with E-state index in [0.29, 0.717) is 26.2 Å². The summed E-state index contributed by atoms with van der Waals surface area (Å²) in [5, 5.41) is 0. The maximum absolute atomic E-state index is 14.3. The fraction of sp³-hybridized carbons (Fsp3) is 0.381. The van der Waals surface area contributed by atoms with Crippen molar-refractivity contribution in [2.24, 2.45) is 0 Å². The minimum Gasteiger partial charge on any atom is -0.336 e. The maximum atomic E-state index is 14.3. The van der Waals surface area contributed by atoms with Gasteiger partial charge in [-0.1, -0.05) is 29.8 Å². The number of aryl methyl sites for hydroxylation is 1. The Bertz CT molecular complexity index is 1000. The molecule has 0 aromatic heterocycles. The SMILES string of the molecule is Cc1cccc(CN2CCN(C(=O)c3cc(S(=O)(=O)N(C)C)ccc3F)CC2)c1. The fourth-order valence-electron chi connectivity index (χ4n) is 3.39. The summed E-state index contributed by atoms with van der Waals surface area (Å²) in [5.74, 6) is -1.19. The lowest BCUT2D eigenvalue weighted by molar-refractivity contribution is 0.0623. The van der Waals surface area contributed by atoms with E-state index in [9.17, 15) is 17.6 Å². The second-order valence-electron chi connectivity index (χ2n) is 7.49. The molecule has 3 rings (SSSR count). The predicted molar refractivity (Wildman–Crippen MR) is 110 cm³/mol. The predicted octanol–water partition coefficient (Wildman–Crippen LogP) is 2.34. The smallest absolute Gasteiger partial charge is 0.256 e. The van der Waals surface area contributed by atoms with Crippen LogP contribution in [-0.2, 0) is 16.6 Å². The number of nitrogens with zero attached hydrogens (tertiary/aromatic N) is 3. The van der Waals surface area contributed by atoms with Crippen LogP contribution in [0.5, 0.6) is 0 Å². The monoisotopic (exact) mass is 419 g/mol. The number of piperazine rings is 1. The van der Waals surface area contributed by atoms with Gasteiger partial charge in [0.15, 0.2) is 0 Å². The highest BCUT2D eigenvalue weighted by Crippen LogP contribution is 2.20. The molecule has 1 aliphatic heterocycles. The Labute approximate surface area is 171 Å². The summed E-state index contributed by atoms with van der Waals surface area (Å²) < 4.78 is 40.0. The first-order valence-corrected chi connectivity index (χ1v) is 10.9. The van der Waals surface area contributed by atoms with Gasteiger partial charge in [-0.25, -0.2) is 17.1 Å². The largest absolute Gasteiger partial charge is 0.336 e. The van der Waals surface area contributed by atoms with Crippen molar-refractivity contribution in [3.63, 3.8) is 0 Å². The Morgan fingerprint density at radius 3 is 2.38 bits per heavy atom. The molecule has 156 valence electrons. The molecule has 6 nitrogen and oxygen atoms in total. The summed E-state index contributed by atoms with van der Waals surface area (Å²) in [6, 6.07) is 11.7. The van der Waals surface area contributed by atoms with Crippen molar-refractivity contribution in [1.29, 1.82) is 0 Å². The van der Waals surface area contributed by atoms with Crippen LogP contribution in [0.2, 0.25) is 0 Å². The quantitative estimate of drug-likeness (QED) is 0.747. The van der Waals surface area contributed by atoms with Crippen LogP contribution in [-0.4, -0.2) is 68.7 Å². The van der Waals surface area contributed by atoms with Crippen LogP contribution in [0.3, 0.4) is 0 Å². The molecule has 8 heteroatoms. The van der Waals surface area contributed by atoms with Gasteiger partial charge < -0.3 is 4.90 Å². The van der Waals surface area contributed by atoms with Gasteiger partial charge in [0.2, 0.25) is 10.0 Å². The molecule has 1 amide bonds. The molecule has 0 atom stereocenters. The van der Waals surface area contributed by atoms with Gasteiger partial charge in [0.05, 0.1) is 10.5 Å². The molecule has 0 unspecified atom stereocenters. The number of hydrogen-bond acceptors (Lipinski definition) is 4. The van der Waals surface area contributed by atoms with Crippen LogP contribution in [0.25, 0.3) is 0 Å². The van der Waals surface area contributed by atoms with E-state index in [-0.39, 0.29) is 10.5 Å². The van der Waals surface area contributed by atoms with E-state index >= 15 is 0 Å². The molecule has 2 aromatic carbocycles. The highest BCUT2D eigenvalue weighted by molar-refractivity contribution is 7.89. The number of benzene rings is 2. The zero-order valence-electron chi connectivity index (χ0n) is 16.9. The Morgan fingerprint density at radius 2 is 1.76 bits per heavy atom. The first kappa shape index (κ1) is 21.4. The minimum absolute atomic E-state index is 0.0923. The number of amides is 1. The maximum Gasteiger partial charge on any atom is 0.256 e. The summed E-state index contributed by atoms with van der Waals surface area (Å²) in [6.45, 7) is 5.14. The van der Waals surface area contributed by atoms with Crippen molar-refractivity contribution in [3.8, 4) is 0 Å². The molecule has 0 aliphatic carbocycles. The lowest BCUT2D eigenvalue weighted by Crippen LogP contribution is -2.48. The average molecular weight is 420 g/mol. The third-order valence-corrected chi connectivity index (χ3v) is 6.91. The van der Waals surface area contributed by atoms with Crippen molar-refractivity contribution >= 4 is 15.9 Å². The second kappa shape index (κ2) is 8.61. The van der Waals surface area contributed by atoms with Gasteiger partial charge in [-0.3, -0.25) is 9.69 Å². The first-order chi connectivity index (χ1) is 13.7. The van der Waals surface area contributed by atoms with Gasteiger partial charge in [0, 0.05) is 46.8 Å². The molecule has 0 saturated carbocycles. The number of carbonyl (C=O) groups is 1. The summed E-state index contributed by atoms with van der Waals surface area (Å²) in [6.07, 6.45) is 0. The van der Waals surface area contributed by atoms with Gasteiger partial charge in [0.1, 0.15) is 5.82 Å². The molecule has 29 heavy (non-hydrogen) atoms. The molecule has 0 N–H and O–H groups in total.